The molecular formula is C27H18FN5O. The highest BCUT2D eigenvalue weighted by atomic mass is 19.1. The van der Waals surface area contributed by atoms with Crippen LogP contribution in [0.4, 0.5) is 4.39 Å². The number of fused-ring (bicyclic) bond motifs is 5. The molecular weight excluding hydrogens is 429 g/mol. The van der Waals surface area contributed by atoms with Crippen LogP contribution in [0.1, 0.15) is 34.6 Å². The summed E-state index contributed by atoms with van der Waals surface area (Å²) in [6.07, 6.45) is -0.324. The Morgan fingerprint density at radius 1 is 0.824 bits per heavy atom. The van der Waals surface area contributed by atoms with Crippen LogP contribution in [0.2, 0.25) is 0 Å². The number of tetrazole rings is 1. The summed E-state index contributed by atoms with van der Waals surface area (Å²) in [5.41, 5.74) is 3.75. The average molecular weight is 447 g/mol. The number of nitrogens with zero attached hydrogens (tertiary/aromatic N) is 4. The van der Waals surface area contributed by atoms with E-state index in [-0.39, 0.29) is 17.9 Å². The van der Waals surface area contributed by atoms with Gasteiger partial charge < -0.3 is 10.1 Å². The maximum absolute atomic E-state index is 13.8. The predicted octanol–water partition coefficient (Wildman–Crippen LogP) is 5.01. The van der Waals surface area contributed by atoms with Crippen LogP contribution in [-0.4, -0.2) is 20.2 Å². The summed E-state index contributed by atoms with van der Waals surface area (Å²) in [5, 5.41) is 18.3. The Balaban J connectivity index is 1.49. The minimum absolute atomic E-state index is 0.238. The van der Waals surface area contributed by atoms with Gasteiger partial charge in [-0.3, -0.25) is 0 Å². The zero-order valence-electron chi connectivity index (χ0n) is 17.9. The van der Waals surface area contributed by atoms with Crippen LogP contribution in [0.15, 0.2) is 96.9 Å². The number of hydrogen-bond donors (Lipinski definition) is 1. The van der Waals surface area contributed by atoms with Crippen molar-refractivity contribution in [1.29, 1.82) is 0 Å². The average Bonchev–Trinajstić information content (AvgIpc) is 3.38. The van der Waals surface area contributed by atoms with Crippen LogP contribution in [0.25, 0.3) is 16.3 Å². The summed E-state index contributed by atoms with van der Waals surface area (Å²) < 4.78 is 22.2. The van der Waals surface area contributed by atoms with Gasteiger partial charge in [-0.15, -0.1) is 5.10 Å². The van der Waals surface area contributed by atoms with Crippen molar-refractivity contribution in [1.82, 2.24) is 25.5 Å². The van der Waals surface area contributed by atoms with Crippen LogP contribution >= 0.6 is 0 Å². The molecule has 2 aliphatic rings. The lowest BCUT2D eigenvalue weighted by atomic mass is 9.81. The van der Waals surface area contributed by atoms with Gasteiger partial charge >= 0.3 is 0 Å². The van der Waals surface area contributed by atoms with Crippen LogP contribution in [-0.2, 0) is 0 Å². The second-order valence-corrected chi connectivity index (χ2v) is 8.44. The number of benzene rings is 4. The molecule has 7 rings (SSSR count). The van der Waals surface area contributed by atoms with Crippen molar-refractivity contribution in [3.05, 3.63) is 125 Å². The Kier molecular flexibility index (Phi) is 4.05. The van der Waals surface area contributed by atoms with Crippen molar-refractivity contribution in [2.45, 2.75) is 12.1 Å². The van der Waals surface area contributed by atoms with Gasteiger partial charge in [0.25, 0.3) is 0 Å². The van der Waals surface area contributed by atoms with E-state index in [2.05, 4.69) is 45.1 Å². The summed E-state index contributed by atoms with van der Waals surface area (Å²) in [6, 6.07) is 28.9. The largest absolute Gasteiger partial charge is 0.440 e. The van der Waals surface area contributed by atoms with Crippen LogP contribution in [0, 0.1) is 5.82 Å². The Morgan fingerprint density at radius 3 is 2.47 bits per heavy atom. The topological polar surface area (TPSA) is 64.9 Å². The van der Waals surface area contributed by atoms with Gasteiger partial charge in [-0.1, -0.05) is 78.9 Å². The molecule has 0 saturated heterocycles. The fourth-order valence-corrected chi connectivity index (χ4v) is 4.97. The molecule has 1 aromatic heterocycles. The molecule has 0 radical (unpaired) electrons. The molecule has 0 amide bonds. The third-order valence-corrected chi connectivity index (χ3v) is 6.52. The minimum Gasteiger partial charge on any atom is -0.440 e. The van der Waals surface area contributed by atoms with Gasteiger partial charge in [0.2, 0.25) is 5.88 Å². The number of hydrogen-bond acceptors (Lipinski definition) is 5. The second kappa shape index (κ2) is 7.25. The Labute approximate surface area is 194 Å². The van der Waals surface area contributed by atoms with Crippen molar-refractivity contribution in [3.8, 4) is 5.75 Å². The zero-order chi connectivity index (χ0) is 22.6. The van der Waals surface area contributed by atoms with Crippen molar-refractivity contribution >= 4 is 16.3 Å². The van der Waals surface area contributed by atoms with Crippen LogP contribution in [0.3, 0.4) is 0 Å². The maximum Gasteiger partial charge on any atom is 0.203 e. The number of allylic oxidation sites excluding steroid dienone is 1. The van der Waals surface area contributed by atoms with Gasteiger partial charge in [0.15, 0.2) is 12.0 Å². The quantitative estimate of drug-likeness (QED) is 0.412. The second-order valence-electron chi connectivity index (χ2n) is 8.44. The standard InChI is InChI=1S/C27H18FN5O/c28-19-13-10-17(11-14-19)22-21-15-12-16-6-4-5-9-20(16)24(21)34-27-23(22)26-30-31-32-33(26)25(29-27)18-7-2-1-3-8-18/h1-15,22,25,29H. The third-order valence-electron chi connectivity index (χ3n) is 6.52. The van der Waals surface area contributed by atoms with Crippen LogP contribution < -0.4 is 10.1 Å². The first-order valence-electron chi connectivity index (χ1n) is 11.1. The molecule has 2 unspecified atom stereocenters. The highest BCUT2D eigenvalue weighted by molar-refractivity contribution is 5.93. The Bertz CT molecular complexity index is 1580. The molecule has 0 saturated carbocycles. The van der Waals surface area contributed by atoms with E-state index >= 15 is 0 Å². The van der Waals surface area contributed by atoms with E-state index in [0.29, 0.717) is 11.7 Å². The van der Waals surface area contributed by atoms with E-state index < -0.39 is 0 Å². The summed E-state index contributed by atoms with van der Waals surface area (Å²) in [7, 11) is 0. The van der Waals surface area contributed by atoms with E-state index in [1.165, 1.54) is 12.1 Å². The summed E-state index contributed by atoms with van der Waals surface area (Å²) in [6.45, 7) is 0. The normalized spacial score (nSPS) is 18.5. The first-order chi connectivity index (χ1) is 16.8. The SMILES string of the molecule is Fc1ccc(C2C3=C(NC(c4ccccc4)n4nnnc43)Oc3c2ccc2ccccc32)cc1. The highest BCUT2D eigenvalue weighted by Crippen LogP contribution is 2.50. The highest BCUT2D eigenvalue weighted by Gasteiger charge is 2.41. The Morgan fingerprint density at radius 2 is 1.62 bits per heavy atom. The fourth-order valence-electron chi connectivity index (χ4n) is 4.97. The lowest BCUT2D eigenvalue weighted by molar-refractivity contribution is 0.308. The van der Waals surface area contributed by atoms with Gasteiger partial charge in [-0.25, -0.2) is 4.39 Å². The van der Waals surface area contributed by atoms with Crippen molar-refractivity contribution < 1.29 is 9.13 Å². The maximum atomic E-state index is 13.8. The first-order valence-corrected chi connectivity index (χ1v) is 11.1. The van der Waals surface area contributed by atoms with Crippen LogP contribution in [0.5, 0.6) is 5.75 Å². The fraction of sp³-hybridized carbons (Fsp3) is 0.0741. The molecule has 2 atom stereocenters. The number of aromatic nitrogens is 4. The lowest BCUT2D eigenvalue weighted by Gasteiger charge is -2.36. The molecule has 0 spiro atoms. The molecule has 0 aliphatic carbocycles. The van der Waals surface area contributed by atoms with Gasteiger partial charge in [0, 0.05) is 16.9 Å². The van der Waals surface area contributed by atoms with Crippen molar-refractivity contribution in [2.75, 3.05) is 0 Å². The molecule has 3 heterocycles. The van der Waals surface area contributed by atoms with E-state index in [9.17, 15) is 4.39 Å². The van der Waals surface area contributed by atoms with Crippen molar-refractivity contribution in [3.63, 3.8) is 0 Å². The minimum atomic E-state index is -0.324. The smallest absolute Gasteiger partial charge is 0.203 e. The molecule has 0 bridgehead atoms. The van der Waals surface area contributed by atoms with E-state index in [1.54, 1.807) is 4.68 Å². The van der Waals surface area contributed by atoms with Gasteiger partial charge in [-0.05, 0) is 39.1 Å². The van der Waals surface area contributed by atoms with Crippen molar-refractivity contribution in [2.24, 2.45) is 0 Å². The predicted molar refractivity (Wildman–Crippen MR) is 125 cm³/mol. The van der Waals surface area contributed by atoms with E-state index in [4.69, 9.17) is 4.74 Å². The van der Waals surface area contributed by atoms with Gasteiger partial charge in [-0.2, -0.15) is 4.68 Å². The molecule has 7 heteroatoms. The molecule has 164 valence electrons. The monoisotopic (exact) mass is 447 g/mol. The lowest BCUT2D eigenvalue weighted by Crippen LogP contribution is -2.38. The summed E-state index contributed by atoms with van der Waals surface area (Å²) in [4.78, 5) is 0. The van der Waals surface area contributed by atoms with E-state index in [0.717, 1.165) is 38.8 Å². The van der Waals surface area contributed by atoms with Gasteiger partial charge in [0.1, 0.15) is 11.6 Å². The molecule has 1 N–H and O–H groups in total. The molecule has 34 heavy (non-hydrogen) atoms. The summed E-state index contributed by atoms with van der Waals surface area (Å²) >= 11 is 0. The van der Waals surface area contributed by atoms with Gasteiger partial charge in [0.05, 0.1) is 5.57 Å². The number of rotatable bonds is 2. The molecule has 0 fully saturated rings. The molecule has 5 aromatic rings. The summed E-state index contributed by atoms with van der Waals surface area (Å²) in [5.74, 6) is 1.49. The zero-order valence-corrected chi connectivity index (χ0v) is 17.9. The van der Waals surface area contributed by atoms with E-state index in [1.807, 2.05) is 54.6 Å². The molecule has 6 nitrogen and oxygen atoms in total. The molecule has 4 aromatic carbocycles. The molecule has 2 aliphatic heterocycles. The number of ether oxygens (including phenoxy) is 1. The first kappa shape index (κ1) is 19.0. The third kappa shape index (κ3) is 2.76. The number of halogens is 1. The number of nitrogens with one attached hydrogen (secondary N) is 1. The Hall–Kier alpha value is -4.52.